The summed E-state index contributed by atoms with van der Waals surface area (Å²) < 4.78 is 10.5. The molecule has 7 heteroatoms. The molecule has 0 heterocycles. The van der Waals surface area contributed by atoms with Crippen molar-refractivity contribution in [2.45, 2.75) is 39.0 Å². The number of amides is 1. The van der Waals surface area contributed by atoms with Crippen LogP contribution in [0.4, 0.5) is 4.79 Å². The molecule has 0 aliphatic heterocycles. The fraction of sp³-hybridized carbons (Fsp3) is 0.300. The molecule has 1 amide bonds. The zero-order valence-corrected chi connectivity index (χ0v) is 16.1. The van der Waals surface area contributed by atoms with Crippen LogP contribution in [0.1, 0.15) is 37.9 Å². The van der Waals surface area contributed by atoms with E-state index in [0.29, 0.717) is 5.56 Å². The van der Waals surface area contributed by atoms with Crippen molar-refractivity contribution >= 4 is 23.7 Å². The molecule has 2 rings (SSSR count). The van der Waals surface area contributed by atoms with Gasteiger partial charge in [0.25, 0.3) is 0 Å². The minimum absolute atomic E-state index is 0.0536. The second-order valence-electron chi connectivity index (χ2n) is 6.88. The third-order valence-corrected chi connectivity index (χ3v) is 3.73. The summed E-state index contributed by atoms with van der Waals surface area (Å²) in [5.41, 5.74) is 0.446. The van der Waals surface area contributed by atoms with Crippen LogP contribution in [0.3, 0.4) is 0 Å². The Bertz CT molecular complexity index is 802. The van der Waals surface area contributed by atoms with E-state index < -0.39 is 23.7 Å². The molecule has 0 fully saturated rings. The Labute approximate surface area is 163 Å². The molecular formula is C20H22ClNO5. The summed E-state index contributed by atoms with van der Waals surface area (Å²) in [6.45, 7) is 5.20. The Kier molecular flexibility index (Phi) is 6.69. The maximum absolute atomic E-state index is 12.6. The van der Waals surface area contributed by atoms with Crippen LogP contribution in [0.2, 0.25) is 5.02 Å². The summed E-state index contributed by atoms with van der Waals surface area (Å²) in [6.07, 6.45) is -0.770. The topological polar surface area (TPSA) is 84.9 Å². The highest BCUT2D eigenvalue weighted by Gasteiger charge is 2.27. The average Bonchev–Trinajstić information content (AvgIpc) is 2.59. The molecule has 0 aromatic heterocycles. The largest absolute Gasteiger partial charge is 0.506 e. The molecule has 0 radical (unpaired) electrons. The third-order valence-electron chi connectivity index (χ3n) is 3.43. The molecule has 0 aliphatic carbocycles. The second-order valence-corrected chi connectivity index (χ2v) is 7.29. The van der Waals surface area contributed by atoms with Gasteiger partial charge in [-0.05, 0) is 44.0 Å². The molecule has 6 nitrogen and oxygen atoms in total. The Hall–Kier alpha value is -2.73. The Morgan fingerprint density at radius 1 is 1.15 bits per heavy atom. The lowest BCUT2D eigenvalue weighted by molar-refractivity contribution is -0.147. The highest BCUT2D eigenvalue weighted by Crippen LogP contribution is 2.27. The highest BCUT2D eigenvalue weighted by atomic mass is 35.5. The zero-order chi connectivity index (χ0) is 20.0. The van der Waals surface area contributed by atoms with Crippen molar-refractivity contribution in [1.82, 2.24) is 5.32 Å². The third kappa shape index (κ3) is 6.49. The SMILES string of the molecule is CC(C)(C)OC(=O)N[C@H](C(=O)OCc1ccccc1)c1ccc(O)c(Cl)c1. The number of ether oxygens (including phenoxy) is 2. The Morgan fingerprint density at radius 2 is 1.81 bits per heavy atom. The lowest BCUT2D eigenvalue weighted by atomic mass is 10.1. The first-order valence-electron chi connectivity index (χ1n) is 8.34. The van der Waals surface area contributed by atoms with Gasteiger partial charge in [0.15, 0.2) is 6.04 Å². The molecule has 0 bridgehead atoms. The van der Waals surface area contributed by atoms with Gasteiger partial charge in [0.2, 0.25) is 0 Å². The van der Waals surface area contributed by atoms with Gasteiger partial charge < -0.3 is 19.9 Å². The second kappa shape index (κ2) is 8.77. The number of carbonyl (C=O) groups excluding carboxylic acids is 2. The molecule has 2 aromatic rings. The van der Waals surface area contributed by atoms with Crippen molar-refractivity contribution in [3.63, 3.8) is 0 Å². The smallest absolute Gasteiger partial charge is 0.408 e. The first kappa shape index (κ1) is 20.6. The van der Waals surface area contributed by atoms with Crippen LogP contribution in [0.25, 0.3) is 0 Å². The first-order valence-corrected chi connectivity index (χ1v) is 8.72. The maximum Gasteiger partial charge on any atom is 0.408 e. The minimum atomic E-state index is -1.14. The summed E-state index contributed by atoms with van der Waals surface area (Å²) in [5, 5.41) is 12.1. The molecular weight excluding hydrogens is 370 g/mol. The van der Waals surface area contributed by atoms with Crippen molar-refractivity contribution in [3.8, 4) is 5.75 Å². The molecule has 2 aromatic carbocycles. The standard InChI is InChI=1S/C20H22ClNO5/c1-20(2,3)27-19(25)22-17(14-9-10-16(23)15(21)11-14)18(24)26-12-13-7-5-4-6-8-13/h4-11,17,23H,12H2,1-3H3,(H,22,25)/t17-/m0/s1. The summed E-state index contributed by atoms with van der Waals surface area (Å²) in [5.74, 6) is -0.805. The number of aromatic hydroxyl groups is 1. The van der Waals surface area contributed by atoms with Crippen molar-refractivity contribution in [2.75, 3.05) is 0 Å². The van der Waals surface area contributed by atoms with Gasteiger partial charge in [-0.2, -0.15) is 0 Å². The first-order chi connectivity index (χ1) is 12.7. The number of carbonyl (C=O) groups is 2. The molecule has 0 aliphatic rings. The van der Waals surface area contributed by atoms with Crippen LogP contribution in [0.15, 0.2) is 48.5 Å². The van der Waals surface area contributed by atoms with E-state index >= 15 is 0 Å². The van der Waals surface area contributed by atoms with E-state index in [1.54, 1.807) is 20.8 Å². The van der Waals surface area contributed by atoms with Crippen molar-refractivity contribution < 1.29 is 24.2 Å². The maximum atomic E-state index is 12.6. The monoisotopic (exact) mass is 391 g/mol. The number of nitrogens with one attached hydrogen (secondary N) is 1. The average molecular weight is 392 g/mol. The van der Waals surface area contributed by atoms with Gasteiger partial charge in [-0.15, -0.1) is 0 Å². The van der Waals surface area contributed by atoms with Crippen molar-refractivity contribution in [2.24, 2.45) is 0 Å². The lowest BCUT2D eigenvalue weighted by Gasteiger charge is -2.23. The summed E-state index contributed by atoms with van der Waals surface area (Å²) in [4.78, 5) is 24.8. The molecule has 1 atom stereocenters. The number of esters is 1. The molecule has 27 heavy (non-hydrogen) atoms. The quantitative estimate of drug-likeness (QED) is 0.740. The summed E-state index contributed by atoms with van der Waals surface area (Å²) in [6, 6.07) is 12.2. The fourth-order valence-electron chi connectivity index (χ4n) is 2.22. The number of hydrogen-bond acceptors (Lipinski definition) is 5. The molecule has 0 unspecified atom stereocenters. The Morgan fingerprint density at radius 3 is 2.41 bits per heavy atom. The summed E-state index contributed by atoms with van der Waals surface area (Å²) >= 11 is 5.93. The minimum Gasteiger partial charge on any atom is -0.506 e. The number of rotatable bonds is 5. The predicted octanol–water partition coefficient (Wildman–Crippen LogP) is 4.35. The molecule has 0 saturated heterocycles. The normalized spacial score (nSPS) is 12.1. The fourth-order valence-corrected chi connectivity index (χ4v) is 2.41. The van der Waals surface area contributed by atoms with Crippen LogP contribution >= 0.6 is 11.6 Å². The van der Waals surface area contributed by atoms with Crippen LogP contribution in [0.5, 0.6) is 5.75 Å². The van der Waals surface area contributed by atoms with Crippen molar-refractivity contribution in [3.05, 3.63) is 64.7 Å². The van der Waals surface area contributed by atoms with Gasteiger partial charge in [0.1, 0.15) is 18.0 Å². The molecule has 0 spiro atoms. The van der Waals surface area contributed by atoms with Gasteiger partial charge in [0.05, 0.1) is 5.02 Å². The van der Waals surface area contributed by atoms with Gasteiger partial charge in [-0.1, -0.05) is 48.0 Å². The van der Waals surface area contributed by atoms with E-state index in [2.05, 4.69) is 5.32 Å². The van der Waals surface area contributed by atoms with Crippen LogP contribution in [0, 0.1) is 0 Å². The van der Waals surface area contributed by atoms with Gasteiger partial charge in [0, 0.05) is 0 Å². The van der Waals surface area contributed by atoms with Gasteiger partial charge in [-0.25, -0.2) is 9.59 Å². The van der Waals surface area contributed by atoms with Gasteiger partial charge in [-0.3, -0.25) is 0 Å². The van der Waals surface area contributed by atoms with E-state index in [1.165, 1.54) is 18.2 Å². The Balaban J connectivity index is 2.18. The number of alkyl carbamates (subject to hydrolysis) is 1. The van der Waals surface area contributed by atoms with Crippen molar-refractivity contribution in [1.29, 1.82) is 0 Å². The predicted molar refractivity (Wildman–Crippen MR) is 101 cm³/mol. The van der Waals surface area contributed by atoms with E-state index in [4.69, 9.17) is 21.1 Å². The van der Waals surface area contributed by atoms with E-state index in [-0.39, 0.29) is 17.4 Å². The van der Waals surface area contributed by atoms with Crippen LogP contribution in [-0.2, 0) is 20.9 Å². The summed E-state index contributed by atoms with van der Waals surface area (Å²) in [7, 11) is 0. The number of benzene rings is 2. The lowest BCUT2D eigenvalue weighted by Crippen LogP contribution is -2.38. The number of halogens is 1. The van der Waals surface area contributed by atoms with Gasteiger partial charge >= 0.3 is 12.1 Å². The van der Waals surface area contributed by atoms with Crippen LogP contribution in [-0.4, -0.2) is 22.8 Å². The molecule has 0 saturated carbocycles. The highest BCUT2D eigenvalue weighted by molar-refractivity contribution is 6.32. The molecule has 2 N–H and O–H groups in total. The van der Waals surface area contributed by atoms with E-state index in [0.717, 1.165) is 5.56 Å². The zero-order valence-electron chi connectivity index (χ0n) is 15.4. The van der Waals surface area contributed by atoms with E-state index in [1.807, 2.05) is 30.3 Å². The van der Waals surface area contributed by atoms with E-state index in [9.17, 15) is 14.7 Å². The number of phenols is 1. The number of phenolic OH excluding ortho intramolecular Hbond substituents is 1. The number of hydrogen-bond donors (Lipinski definition) is 2. The van der Waals surface area contributed by atoms with Crippen LogP contribution < -0.4 is 5.32 Å². The molecule has 144 valence electrons.